The van der Waals surface area contributed by atoms with Crippen LogP contribution in [0.25, 0.3) is 0 Å². The van der Waals surface area contributed by atoms with E-state index in [1.54, 1.807) is 0 Å². The van der Waals surface area contributed by atoms with Crippen molar-refractivity contribution in [1.29, 1.82) is 0 Å². The summed E-state index contributed by atoms with van der Waals surface area (Å²) in [6, 6.07) is 11.9. The molecule has 0 amide bonds. The van der Waals surface area contributed by atoms with Crippen molar-refractivity contribution in [1.82, 2.24) is 9.97 Å². The number of ether oxygens (including phenoxy) is 1. The van der Waals surface area contributed by atoms with Crippen molar-refractivity contribution in [2.45, 2.75) is 25.4 Å². The molecular weight excluding hydrogens is 250 g/mol. The van der Waals surface area contributed by atoms with Crippen LogP contribution in [0.5, 0.6) is 0 Å². The zero-order valence-corrected chi connectivity index (χ0v) is 11.5. The van der Waals surface area contributed by atoms with E-state index in [0.717, 1.165) is 31.2 Å². The summed E-state index contributed by atoms with van der Waals surface area (Å²) < 4.78 is 5.85. The van der Waals surface area contributed by atoms with Crippen LogP contribution in [0.15, 0.2) is 48.8 Å². The Hall–Kier alpha value is -1.94. The predicted molar refractivity (Wildman–Crippen MR) is 79.1 cm³/mol. The fourth-order valence-electron chi connectivity index (χ4n) is 2.49. The third kappa shape index (κ3) is 3.14. The lowest BCUT2D eigenvalue weighted by molar-refractivity contribution is 0.0221. The molecule has 2 aromatic heterocycles. The van der Waals surface area contributed by atoms with Gasteiger partial charge < -0.3 is 9.64 Å². The number of pyridine rings is 2. The summed E-state index contributed by atoms with van der Waals surface area (Å²) in [5.74, 6) is 1.83. The zero-order chi connectivity index (χ0) is 13.6. The van der Waals surface area contributed by atoms with E-state index in [0.29, 0.717) is 0 Å². The molecular formula is C16H19N3O. The van der Waals surface area contributed by atoms with E-state index < -0.39 is 0 Å². The Bertz CT molecular complexity index is 472. The van der Waals surface area contributed by atoms with Crippen molar-refractivity contribution in [3.05, 3.63) is 48.8 Å². The number of rotatable bonds is 4. The van der Waals surface area contributed by atoms with Gasteiger partial charge in [-0.1, -0.05) is 12.1 Å². The van der Waals surface area contributed by atoms with Crippen LogP contribution in [0, 0.1) is 0 Å². The molecule has 2 aromatic rings. The highest BCUT2D eigenvalue weighted by atomic mass is 16.5. The summed E-state index contributed by atoms with van der Waals surface area (Å²) in [7, 11) is 0. The first-order valence-corrected chi connectivity index (χ1v) is 7.15. The van der Waals surface area contributed by atoms with Crippen LogP contribution in [0.2, 0.25) is 0 Å². The molecule has 1 unspecified atom stereocenters. The molecule has 0 aliphatic carbocycles. The maximum atomic E-state index is 5.85. The Morgan fingerprint density at radius 2 is 1.70 bits per heavy atom. The fourth-order valence-corrected chi connectivity index (χ4v) is 2.49. The Morgan fingerprint density at radius 1 is 1.00 bits per heavy atom. The maximum absolute atomic E-state index is 5.85. The second-order valence-corrected chi connectivity index (χ2v) is 4.98. The van der Waals surface area contributed by atoms with Crippen LogP contribution in [0.3, 0.4) is 0 Å². The fraction of sp³-hybridized carbons (Fsp3) is 0.375. The molecule has 0 N–H and O–H groups in total. The second kappa shape index (κ2) is 6.48. The number of hydrogen-bond acceptors (Lipinski definition) is 4. The Balaban J connectivity index is 1.83. The van der Waals surface area contributed by atoms with Gasteiger partial charge in [-0.3, -0.25) is 0 Å². The van der Waals surface area contributed by atoms with Crippen LogP contribution < -0.4 is 4.90 Å². The normalized spacial score (nSPS) is 18.7. The summed E-state index contributed by atoms with van der Waals surface area (Å²) in [6.07, 6.45) is 7.40. The van der Waals surface area contributed by atoms with Crippen LogP contribution in [0.4, 0.5) is 11.6 Å². The van der Waals surface area contributed by atoms with Crippen molar-refractivity contribution >= 4 is 11.6 Å². The summed E-state index contributed by atoms with van der Waals surface area (Å²) in [5, 5.41) is 0. The van der Waals surface area contributed by atoms with Gasteiger partial charge in [-0.15, -0.1) is 0 Å². The van der Waals surface area contributed by atoms with Gasteiger partial charge >= 0.3 is 0 Å². The van der Waals surface area contributed by atoms with Crippen LogP contribution in [0.1, 0.15) is 19.3 Å². The maximum Gasteiger partial charge on any atom is 0.134 e. The molecule has 0 radical (unpaired) electrons. The molecule has 4 nitrogen and oxygen atoms in total. The van der Waals surface area contributed by atoms with E-state index in [1.807, 2.05) is 48.8 Å². The Kier molecular flexibility index (Phi) is 4.23. The van der Waals surface area contributed by atoms with E-state index in [9.17, 15) is 0 Å². The van der Waals surface area contributed by atoms with E-state index in [-0.39, 0.29) is 6.10 Å². The average Bonchev–Trinajstić information content (AvgIpc) is 2.55. The molecule has 3 rings (SSSR count). The van der Waals surface area contributed by atoms with Crippen molar-refractivity contribution in [2.24, 2.45) is 0 Å². The third-order valence-electron chi connectivity index (χ3n) is 3.51. The van der Waals surface area contributed by atoms with Crippen LogP contribution in [-0.2, 0) is 4.74 Å². The standard InChI is InChI=1S/C16H19N3O/c1-4-10-17-15(8-1)19(16-9-2-5-11-18-16)13-14-7-3-6-12-20-14/h1-2,4-5,8-11,14H,3,6-7,12-13H2. The van der Waals surface area contributed by atoms with Gasteiger partial charge in [0, 0.05) is 19.0 Å². The molecule has 1 fully saturated rings. The van der Waals surface area contributed by atoms with Gasteiger partial charge in [-0.2, -0.15) is 0 Å². The van der Waals surface area contributed by atoms with E-state index in [2.05, 4.69) is 14.9 Å². The lowest BCUT2D eigenvalue weighted by atomic mass is 10.1. The molecule has 1 saturated heterocycles. The highest BCUT2D eigenvalue weighted by Crippen LogP contribution is 2.23. The number of anilines is 2. The number of aromatic nitrogens is 2. The molecule has 0 saturated carbocycles. The molecule has 1 aliphatic heterocycles. The van der Waals surface area contributed by atoms with Gasteiger partial charge in [0.1, 0.15) is 11.6 Å². The third-order valence-corrected chi connectivity index (χ3v) is 3.51. The molecule has 0 spiro atoms. The quantitative estimate of drug-likeness (QED) is 0.854. The summed E-state index contributed by atoms with van der Waals surface area (Å²) in [4.78, 5) is 11.0. The van der Waals surface area contributed by atoms with Gasteiger partial charge in [-0.25, -0.2) is 9.97 Å². The largest absolute Gasteiger partial charge is 0.376 e. The minimum absolute atomic E-state index is 0.257. The number of nitrogens with zero attached hydrogens (tertiary/aromatic N) is 3. The first-order valence-electron chi connectivity index (χ1n) is 7.15. The average molecular weight is 269 g/mol. The predicted octanol–water partition coefficient (Wildman–Crippen LogP) is 3.18. The molecule has 1 aliphatic rings. The van der Waals surface area contributed by atoms with E-state index >= 15 is 0 Å². The van der Waals surface area contributed by atoms with Gasteiger partial charge in [0.15, 0.2) is 0 Å². The highest BCUT2D eigenvalue weighted by molar-refractivity contribution is 5.55. The van der Waals surface area contributed by atoms with Gasteiger partial charge in [-0.05, 0) is 43.5 Å². The van der Waals surface area contributed by atoms with E-state index in [4.69, 9.17) is 4.74 Å². The topological polar surface area (TPSA) is 38.2 Å². The van der Waals surface area contributed by atoms with Gasteiger partial charge in [0.25, 0.3) is 0 Å². The molecule has 4 heteroatoms. The Morgan fingerprint density at radius 3 is 2.20 bits per heavy atom. The first kappa shape index (κ1) is 13.1. The van der Waals surface area contributed by atoms with Crippen LogP contribution in [-0.4, -0.2) is 29.2 Å². The lowest BCUT2D eigenvalue weighted by Crippen LogP contribution is -2.33. The zero-order valence-electron chi connectivity index (χ0n) is 11.5. The molecule has 20 heavy (non-hydrogen) atoms. The Labute approximate surface area is 119 Å². The molecule has 104 valence electrons. The molecule has 3 heterocycles. The van der Waals surface area contributed by atoms with Crippen molar-refractivity contribution in [2.75, 3.05) is 18.1 Å². The first-order chi connectivity index (χ1) is 9.93. The molecule has 1 atom stereocenters. The van der Waals surface area contributed by atoms with Crippen molar-refractivity contribution < 1.29 is 4.74 Å². The summed E-state index contributed by atoms with van der Waals surface area (Å²) >= 11 is 0. The minimum Gasteiger partial charge on any atom is -0.376 e. The summed E-state index contributed by atoms with van der Waals surface area (Å²) in [6.45, 7) is 1.66. The van der Waals surface area contributed by atoms with Crippen LogP contribution >= 0.6 is 0 Å². The van der Waals surface area contributed by atoms with Gasteiger partial charge in [0.2, 0.25) is 0 Å². The molecule has 0 bridgehead atoms. The smallest absolute Gasteiger partial charge is 0.134 e. The van der Waals surface area contributed by atoms with Gasteiger partial charge in [0.05, 0.1) is 12.6 Å². The number of hydrogen-bond donors (Lipinski definition) is 0. The van der Waals surface area contributed by atoms with E-state index in [1.165, 1.54) is 12.8 Å². The lowest BCUT2D eigenvalue weighted by Gasteiger charge is -2.30. The second-order valence-electron chi connectivity index (χ2n) is 4.98. The highest BCUT2D eigenvalue weighted by Gasteiger charge is 2.20. The monoisotopic (exact) mass is 269 g/mol. The SMILES string of the molecule is c1ccc(N(CC2CCCCO2)c2ccccn2)nc1. The van der Waals surface area contributed by atoms with Crippen molar-refractivity contribution in [3.63, 3.8) is 0 Å². The molecule has 0 aromatic carbocycles. The summed E-state index contributed by atoms with van der Waals surface area (Å²) in [5.41, 5.74) is 0. The van der Waals surface area contributed by atoms with Crippen molar-refractivity contribution in [3.8, 4) is 0 Å². The minimum atomic E-state index is 0.257.